The molecule has 11 heteroatoms. The Morgan fingerprint density at radius 1 is 1.03 bits per heavy atom. The van der Waals surface area contributed by atoms with E-state index in [-0.39, 0.29) is 16.3 Å². The van der Waals surface area contributed by atoms with Crippen molar-refractivity contribution in [2.45, 2.75) is 15.5 Å². The highest BCUT2D eigenvalue weighted by atomic mass is 32.2. The van der Waals surface area contributed by atoms with E-state index in [9.17, 15) is 32.1 Å². The summed E-state index contributed by atoms with van der Waals surface area (Å²) < 4.78 is 53.3. The topological polar surface area (TPSA) is 106 Å². The van der Waals surface area contributed by atoms with Crippen LogP contribution in [0.15, 0.2) is 75.4 Å². The monoisotopic (exact) mass is 488 g/mol. The molecule has 0 saturated heterocycles. The van der Waals surface area contributed by atoms with Gasteiger partial charge >= 0.3 is 0 Å². The summed E-state index contributed by atoms with van der Waals surface area (Å²) in [6, 6.07) is 12.8. The third-order valence-electron chi connectivity index (χ3n) is 4.80. The van der Waals surface area contributed by atoms with Crippen LogP contribution in [0.5, 0.6) is 0 Å². The summed E-state index contributed by atoms with van der Waals surface area (Å²) in [5, 5.41) is 13.4. The van der Waals surface area contributed by atoms with E-state index in [2.05, 4.69) is 5.32 Å². The van der Waals surface area contributed by atoms with Crippen LogP contribution in [0.3, 0.4) is 0 Å². The van der Waals surface area contributed by atoms with Crippen LogP contribution in [-0.4, -0.2) is 19.2 Å². The first-order valence-electron chi connectivity index (χ1n) is 9.39. The molecule has 0 aromatic heterocycles. The van der Waals surface area contributed by atoms with E-state index in [0.29, 0.717) is 15.4 Å². The number of nitro groups is 1. The predicted molar refractivity (Wildman–Crippen MR) is 119 cm³/mol. The van der Waals surface area contributed by atoms with Gasteiger partial charge in [0.05, 0.1) is 26.2 Å². The third-order valence-corrected chi connectivity index (χ3v) is 7.54. The second kappa shape index (κ2) is 8.75. The molecular weight excluding hydrogens is 474 g/mol. The van der Waals surface area contributed by atoms with Crippen LogP contribution in [0.25, 0.3) is 6.08 Å². The Morgan fingerprint density at radius 2 is 1.70 bits per heavy atom. The van der Waals surface area contributed by atoms with Crippen molar-refractivity contribution in [2.24, 2.45) is 0 Å². The number of hydrogen-bond acceptors (Lipinski definition) is 6. The fourth-order valence-electron chi connectivity index (χ4n) is 3.12. The molecule has 0 spiro atoms. The Kier molecular flexibility index (Phi) is 6.00. The first-order chi connectivity index (χ1) is 15.6. The number of anilines is 1. The zero-order valence-corrected chi connectivity index (χ0v) is 18.3. The van der Waals surface area contributed by atoms with Gasteiger partial charge in [-0.1, -0.05) is 17.8 Å². The molecule has 3 aromatic carbocycles. The van der Waals surface area contributed by atoms with E-state index in [1.54, 1.807) is 6.08 Å². The average molecular weight is 488 g/mol. The van der Waals surface area contributed by atoms with E-state index in [1.807, 2.05) is 0 Å². The number of nitrogens with zero attached hydrogens (tertiary/aromatic N) is 1. The van der Waals surface area contributed by atoms with Gasteiger partial charge in [0, 0.05) is 22.6 Å². The molecule has 1 aliphatic rings. The van der Waals surface area contributed by atoms with Crippen molar-refractivity contribution in [2.75, 3.05) is 5.32 Å². The zero-order valence-electron chi connectivity index (χ0n) is 16.6. The standard InChI is InChI=1S/C22H14F2N2O5S2/c23-17-2-1-3-18(24)16(17)12-33(30,31)15-8-9-20-19(11-15)25-22(27)21(32-20)10-13-4-6-14(7-5-13)26(28)29/h1-11H,12H2,(H,25,27). The Morgan fingerprint density at radius 3 is 2.33 bits per heavy atom. The number of nitro benzene ring substituents is 1. The molecule has 33 heavy (non-hydrogen) atoms. The minimum atomic E-state index is -4.09. The molecule has 0 fully saturated rings. The molecule has 168 valence electrons. The number of nitrogens with one attached hydrogen (secondary N) is 1. The number of fused-ring (bicyclic) bond motifs is 1. The fourth-order valence-corrected chi connectivity index (χ4v) is 5.45. The predicted octanol–water partition coefficient (Wildman–Crippen LogP) is 4.93. The van der Waals surface area contributed by atoms with Gasteiger partial charge in [-0.05, 0) is 54.1 Å². The lowest BCUT2D eigenvalue weighted by molar-refractivity contribution is -0.384. The molecule has 1 heterocycles. The molecule has 0 aliphatic carbocycles. The summed E-state index contributed by atoms with van der Waals surface area (Å²) in [5.41, 5.74) is 0.197. The number of benzene rings is 3. The third kappa shape index (κ3) is 4.78. The van der Waals surface area contributed by atoms with E-state index in [0.717, 1.165) is 30.0 Å². The maximum atomic E-state index is 13.9. The van der Waals surface area contributed by atoms with Gasteiger partial charge in [-0.15, -0.1) is 0 Å². The summed E-state index contributed by atoms with van der Waals surface area (Å²) in [4.78, 5) is 23.4. The summed E-state index contributed by atoms with van der Waals surface area (Å²) in [6.45, 7) is 0. The van der Waals surface area contributed by atoms with E-state index in [1.165, 1.54) is 42.5 Å². The molecule has 7 nitrogen and oxygen atoms in total. The van der Waals surface area contributed by atoms with Crippen molar-refractivity contribution in [3.63, 3.8) is 0 Å². The molecule has 0 saturated carbocycles. The number of carbonyl (C=O) groups is 1. The Bertz CT molecular complexity index is 1400. The molecule has 1 aliphatic heterocycles. The van der Waals surface area contributed by atoms with Crippen molar-refractivity contribution in [3.8, 4) is 0 Å². The van der Waals surface area contributed by atoms with Crippen molar-refractivity contribution in [3.05, 3.63) is 98.4 Å². The van der Waals surface area contributed by atoms with Gasteiger partial charge in [-0.2, -0.15) is 0 Å². The summed E-state index contributed by atoms with van der Waals surface area (Å²) >= 11 is 1.10. The highest BCUT2D eigenvalue weighted by Crippen LogP contribution is 2.40. The van der Waals surface area contributed by atoms with Gasteiger partial charge in [-0.25, -0.2) is 17.2 Å². The van der Waals surface area contributed by atoms with Gasteiger partial charge in [0.15, 0.2) is 9.84 Å². The fraction of sp³-hybridized carbons (Fsp3) is 0.0455. The lowest BCUT2D eigenvalue weighted by Gasteiger charge is -2.19. The van der Waals surface area contributed by atoms with Gasteiger partial charge in [0.1, 0.15) is 11.6 Å². The van der Waals surface area contributed by atoms with Crippen molar-refractivity contribution >= 4 is 45.0 Å². The van der Waals surface area contributed by atoms with Gasteiger partial charge < -0.3 is 5.32 Å². The normalized spacial score (nSPS) is 14.6. The molecule has 1 N–H and O–H groups in total. The lowest BCUT2D eigenvalue weighted by atomic mass is 10.2. The largest absolute Gasteiger partial charge is 0.320 e. The highest BCUT2D eigenvalue weighted by molar-refractivity contribution is 8.04. The molecule has 0 atom stereocenters. The second-order valence-electron chi connectivity index (χ2n) is 7.03. The van der Waals surface area contributed by atoms with Crippen molar-refractivity contribution < 1.29 is 26.9 Å². The van der Waals surface area contributed by atoms with Gasteiger partial charge in [0.2, 0.25) is 0 Å². The van der Waals surface area contributed by atoms with E-state index < -0.39 is 43.6 Å². The van der Waals surface area contributed by atoms with E-state index >= 15 is 0 Å². The highest BCUT2D eigenvalue weighted by Gasteiger charge is 2.25. The molecule has 4 rings (SSSR count). The van der Waals surface area contributed by atoms with Crippen LogP contribution in [0, 0.1) is 21.7 Å². The smallest absolute Gasteiger partial charge is 0.269 e. The Labute approximate surface area is 191 Å². The minimum Gasteiger partial charge on any atom is -0.320 e. The number of thioether (sulfide) groups is 1. The molecule has 1 amide bonds. The number of halogens is 2. The molecular formula is C22H14F2N2O5S2. The zero-order chi connectivity index (χ0) is 23.8. The number of rotatable bonds is 5. The lowest BCUT2D eigenvalue weighted by Crippen LogP contribution is -2.18. The molecule has 0 unspecified atom stereocenters. The quantitative estimate of drug-likeness (QED) is 0.310. The van der Waals surface area contributed by atoms with Crippen molar-refractivity contribution in [1.29, 1.82) is 0 Å². The first kappa shape index (κ1) is 22.6. The summed E-state index contributed by atoms with van der Waals surface area (Å²) in [6.07, 6.45) is 1.55. The number of amides is 1. The minimum absolute atomic E-state index is 0.0766. The van der Waals surface area contributed by atoms with Gasteiger partial charge in [-0.3, -0.25) is 14.9 Å². The first-order valence-corrected chi connectivity index (χ1v) is 11.9. The Hall–Kier alpha value is -3.57. The van der Waals surface area contributed by atoms with Crippen LogP contribution in [0.2, 0.25) is 0 Å². The second-order valence-corrected chi connectivity index (χ2v) is 10.1. The number of hydrogen-bond donors (Lipinski definition) is 1. The van der Waals surface area contributed by atoms with Gasteiger partial charge in [0.25, 0.3) is 11.6 Å². The van der Waals surface area contributed by atoms with Crippen LogP contribution < -0.4 is 5.32 Å². The van der Waals surface area contributed by atoms with Crippen LogP contribution in [0.4, 0.5) is 20.2 Å². The van der Waals surface area contributed by atoms with Crippen LogP contribution >= 0.6 is 11.8 Å². The maximum Gasteiger partial charge on any atom is 0.269 e. The summed E-state index contributed by atoms with van der Waals surface area (Å²) in [7, 11) is -4.09. The number of non-ortho nitro benzene ring substituents is 1. The molecule has 0 bridgehead atoms. The maximum absolute atomic E-state index is 13.9. The van der Waals surface area contributed by atoms with Crippen LogP contribution in [-0.2, 0) is 20.4 Å². The number of carbonyl (C=O) groups excluding carboxylic acids is 1. The van der Waals surface area contributed by atoms with Crippen molar-refractivity contribution in [1.82, 2.24) is 0 Å². The van der Waals surface area contributed by atoms with E-state index in [4.69, 9.17) is 0 Å². The average Bonchev–Trinajstić information content (AvgIpc) is 2.77. The number of sulfone groups is 1. The molecule has 0 radical (unpaired) electrons. The SMILES string of the molecule is O=C1Nc2cc(S(=O)(=O)Cc3c(F)cccc3F)ccc2SC1=Cc1ccc([N+](=O)[O-])cc1. The van der Waals surface area contributed by atoms with Crippen LogP contribution in [0.1, 0.15) is 11.1 Å². The Balaban J connectivity index is 1.59. The molecule has 3 aromatic rings. The summed E-state index contributed by atoms with van der Waals surface area (Å²) in [5.74, 6) is -3.26.